The first-order chi connectivity index (χ1) is 15.2. The highest BCUT2D eigenvalue weighted by Crippen LogP contribution is 2.51. The molecule has 3 N–H and O–H groups in total. The number of benzene rings is 2. The number of rotatable bonds is 3. The topological polar surface area (TPSA) is 81.8 Å². The Morgan fingerprint density at radius 3 is 2.25 bits per heavy atom. The molecule has 1 aromatic heterocycles. The second-order valence-corrected chi connectivity index (χ2v) is 9.41. The van der Waals surface area contributed by atoms with Gasteiger partial charge in [-0.1, -0.05) is 56.3 Å². The van der Waals surface area contributed by atoms with Crippen molar-refractivity contribution in [3.05, 3.63) is 83.2 Å². The molecule has 0 amide bonds. The minimum Gasteiger partial charge on any atom is -0.493 e. The Balaban J connectivity index is 1.46. The maximum absolute atomic E-state index is 11.1. The molecule has 0 saturated heterocycles. The third kappa shape index (κ3) is 2.83. The first-order valence-electron chi connectivity index (χ1n) is 11.0. The van der Waals surface area contributed by atoms with Crippen LogP contribution in [-0.4, -0.2) is 44.4 Å². The van der Waals surface area contributed by atoms with Crippen molar-refractivity contribution in [2.45, 2.75) is 44.3 Å². The molecule has 2 aliphatic rings. The smallest absolute Gasteiger partial charge is 0.218 e. The summed E-state index contributed by atoms with van der Waals surface area (Å²) in [6, 6.07) is 17.6. The van der Waals surface area contributed by atoms with Crippen LogP contribution in [-0.2, 0) is 5.41 Å². The van der Waals surface area contributed by atoms with Crippen molar-refractivity contribution in [3.63, 3.8) is 0 Å². The van der Waals surface area contributed by atoms with Crippen molar-refractivity contribution in [2.24, 2.45) is 5.92 Å². The second-order valence-electron chi connectivity index (χ2n) is 9.41. The molecule has 2 atom stereocenters. The standard InChI is InChI=1S/C26H29N3O3/c1-15-21(25(32)29(27-15)16-10-6-5-7-11-16)22-23(30)17(24(22)31)14-20-26(2,3)18-12-8-9-13-19(18)28(20)4/h5-14,17,22-24,30-32H,1-4H3. The quantitative estimate of drug-likeness (QED) is 0.590. The largest absolute Gasteiger partial charge is 0.493 e. The van der Waals surface area contributed by atoms with Crippen LogP contribution < -0.4 is 4.90 Å². The first kappa shape index (κ1) is 20.8. The fourth-order valence-corrected chi connectivity index (χ4v) is 5.43. The summed E-state index contributed by atoms with van der Waals surface area (Å²) >= 11 is 0. The van der Waals surface area contributed by atoms with Gasteiger partial charge in [-0.2, -0.15) is 5.10 Å². The van der Waals surface area contributed by atoms with E-state index in [0.29, 0.717) is 11.3 Å². The number of hydrogen-bond acceptors (Lipinski definition) is 5. The molecule has 32 heavy (non-hydrogen) atoms. The van der Waals surface area contributed by atoms with Crippen LogP contribution in [0.3, 0.4) is 0 Å². The van der Waals surface area contributed by atoms with Gasteiger partial charge in [0.1, 0.15) is 0 Å². The summed E-state index contributed by atoms with van der Waals surface area (Å²) < 4.78 is 1.46. The average molecular weight is 432 g/mol. The predicted molar refractivity (Wildman–Crippen MR) is 124 cm³/mol. The summed E-state index contributed by atoms with van der Waals surface area (Å²) in [5.41, 5.74) is 5.03. The summed E-state index contributed by atoms with van der Waals surface area (Å²) in [7, 11) is 2.02. The van der Waals surface area contributed by atoms with E-state index < -0.39 is 24.0 Å². The van der Waals surface area contributed by atoms with E-state index in [1.807, 2.05) is 55.6 Å². The van der Waals surface area contributed by atoms with Gasteiger partial charge in [-0.15, -0.1) is 0 Å². The number of para-hydroxylation sites is 2. The highest BCUT2D eigenvalue weighted by molar-refractivity contribution is 5.69. The Morgan fingerprint density at radius 1 is 0.969 bits per heavy atom. The molecular weight excluding hydrogens is 402 g/mol. The fraction of sp³-hybridized carbons (Fsp3) is 0.346. The number of anilines is 1. The van der Waals surface area contributed by atoms with E-state index in [9.17, 15) is 15.3 Å². The number of likely N-dealkylation sites (N-methyl/N-ethyl adjacent to an activating group) is 1. The number of aliphatic hydroxyl groups excluding tert-OH is 2. The van der Waals surface area contributed by atoms with E-state index in [-0.39, 0.29) is 11.3 Å². The number of aromatic hydroxyl groups is 1. The first-order valence-corrected chi connectivity index (χ1v) is 11.0. The van der Waals surface area contributed by atoms with Crippen molar-refractivity contribution in [2.75, 3.05) is 11.9 Å². The lowest BCUT2D eigenvalue weighted by Crippen LogP contribution is -2.53. The van der Waals surface area contributed by atoms with Crippen LogP contribution in [0.15, 0.2) is 66.4 Å². The van der Waals surface area contributed by atoms with Gasteiger partial charge >= 0.3 is 0 Å². The van der Waals surface area contributed by atoms with Crippen LogP contribution >= 0.6 is 0 Å². The van der Waals surface area contributed by atoms with E-state index in [2.05, 4.69) is 36.0 Å². The predicted octanol–water partition coefficient (Wildman–Crippen LogP) is 3.63. The SMILES string of the molecule is Cc1nn(-c2ccccc2)c(O)c1C1C(O)C(C=C2N(C)c3ccccc3C2(C)C)C1O. The highest BCUT2D eigenvalue weighted by atomic mass is 16.3. The molecule has 0 radical (unpaired) electrons. The van der Waals surface area contributed by atoms with Crippen molar-refractivity contribution >= 4 is 5.69 Å². The molecule has 3 aromatic rings. The van der Waals surface area contributed by atoms with E-state index in [0.717, 1.165) is 17.1 Å². The molecule has 0 bridgehead atoms. The van der Waals surface area contributed by atoms with Gasteiger partial charge in [0.25, 0.3) is 0 Å². The summed E-state index contributed by atoms with van der Waals surface area (Å²) in [6.45, 7) is 6.12. The normalized spacial score (nSPS) is 27.4. The maximum atomic E-state index is 11.1. The molecule has 6 nitrogen and oxygen atoms in total. The van der Waals surface area contributed by atoms with Gasteiger partial charge in [0, 0.05) is 41.2 Å². The molecule has 2 aromatic carbocycles. The van der Waals surface area contributed by atoms with E-state index in [1.54, 1.807) is 6.92 Å². The molecule has 2 unspecified atom stereocenters. The van der Waals surface area contributed by atoms with Crippen molar-refractivity contribution < 1.29 is 15.3 Å². The number of fused-ring (bicyclic) bond motifs is 1. The van der Waals surface area contributed by atoms with Gasteiger partial charge in [-0.05, 0) is 30.7 Å². The number of aryl methyl sites for hydroxylation is 1. The molecule has 1 aliphatic heterocycles. The lowest BCUT2D eigenvalue weighted by Gasteiger charge is -2.46. The molecule has 5 rings (SSSR count). The van der Waals surface area contributed by atoms with Gasteiger partial charge in [-0.3, -0.25) is 0 Å². The lowest BCUT2D eigenvalue weighted by molar-refractivity contribution is -0.0955. The van der Waals surface area contributed by atoms with Crippen LogP contribution in [0.25, 0.3) is 5.69 Å². The van der Waals surface area contributed by atoms with E-state index in [4.69, 9.17) is 0 Å². The molecule has 166 valence electrons. The lowest BCUT2D eigenvalue weighted by atomic mass is 9.64. The Bertz CT molecular complexity index is 1190. The minimum atomic E-state index is -0.816. The molecular formula is C26H29N3O3. The number of hydrogen-bond donors (Lipinski definition) is 3. The van der Waals surface area contributed by atoms with Crippen molar-refractivity contribution in [1.82, 2.24) is 9.78 Å². The fourth-order valence-electron chi connectivity index (χ4n) is 5.43. The highest BCUT2D eigenvalue weighted by Gasteiger charge is 2.52. The summed E-state index contributed by atoms with van der Waals surface area (Å²) in [6.07, 6.45) is 0.367. The Labute approximate surface area is 188 Å². The van der Waals surface area contributed by atoms with Crippen molar-refractivity contribution in [3.8, 4) is 11.6 Å². The van der Waals surface area contributed by atoms with Crippen LogP contribution in [0.4, 0.5) is 5.69 Å². The third-order valence-corrected chi connectivity index (χ3v) is 7.23. The average Bonchev–Trinajstić information content (AvgIpc) is 3.18. The van der Waals surface area contributed by atoms with Crippen LogP contribution in [0.2, 0.25) is 0 Å². The van der Waals surface area contributed by atoms with Crippen molar-refractivity contribution in [1.29, 1.82) is 0 Å². The molecule has 6 heteroatoms. The zero-order chi connectivity index (χ0) is 22.8. The van der Waals surface area contributed by atoms with Gasteiger partial charge < -0.3 is 20.2 Å². The second kappa shape index (κ2) is 7.22. The number of aromatic nitrogens is 2. The summed E-state index contributed by atoms with van der Waals surface area (Å²) in [5.74, 6) is -1.05. The summed E-state index contributed by atoms with van der Waals surface area (Å²) in [4.78, 5) is 2.14. The number of nitrogens with zero attached hydrogens (tertiary/aromatic N) is 3. The van der Waals surface area contributed by atoms with Crippen LogP contribution in [0, 0.1) is 12.8 Å². The van der Waals surface area contributed by atoms with E-state index in [1.165, 1.54) is 10.2 Å². The molecule has 1 aliphatic carbocycles. The van der Waals surface area contributed by atoms with Crippen LogP contribution in [0.1, 0.15) is 36.6 Å². The summed E-state index contributed by atoms with van der Waals surface area (Å²) in [5, 5.41) is 37.5. The molecule has 2 heterocycles. The van der Waals surface area contributed by atoms with Gasteiger partial charge in [-0.25, -0.2) is 4.68 Å². The Hall–Kier alpha value is -3.09. The van der Waals surface area contributed by atoms with Gasteiger partial charge in [0.2, 0.25) is 5.88 Å². The van der Waals surface area contributed by atoms with Gasteiger partial charge in [0.05, 0.1) is 23.6 Å². The maximum Gasteiger partial charge on any atom is 0.218 e. The zero-order valence-corrected chi connectivity index (χ0v) is 18.8. The minimum absolute atomic E-state index is 0.0337. The monoisotopic (exact) mass is 431 g/mol. The Kier molecular flexibility index (Phi) is 4.69. The zero-order valence-electron chi connectivity index (χ0n) is 18.8. The Morgan fingerprint density at radius 2 is 1.59 bits per heavy atom. The number of aliphatic hydroxyl groups is 2. The molecule has 0 spiro atoms. The van der Waals surface area contributed by atoms with E-state index >= 15 is 0 Å². The number of allylic oxidation sites excluding steroid dienone is 1. The third-order valence-electron chi connectivity index (χ3n) is 7.23. The molecule has 1 fully saturated rings. The van der Waals surface area contributed by atoms with Crippen LogP contribution in [0.5, 0.6) is 5.88 Å². The van der Waals surface area contributed by atoms with Gasteiger partial charge in [0.15, 0.2) is 0 Å². The molecule has 1 saturated carbocycles.